The second-order valence-corrected chi connectivity index (χ2v) is 9.37. The number of carbonyl (C=O) groups excluding carboxylic acids is 1. The lowest BCUT2D eigenvalue weighted by atomic mass is 9.96. The quantitative estimate of drug-likeness (QED) is 0.332. The summed E-state index contributed by atoms with van der Waals surface area (Å²) in [5.74, 6) is 2.52. The summed E-state index contributed by atoms with van der Waals surface area (Å²) in [6, 6.07) is 29.7. The minimum Gasteiger partial charge on any atom is -0.496 e. The van der Waals surface area contributed by atoms with Crippen molar-refractivity contribution < 1.29 is 14.3 Å². The number of piperidine rings is 1. The van der Waals surface area contributed by atoms with Crippen LogP contribution >= 0.6 is 0 Å². The number of rotatable bonds is 9. The molecule has 1 fully saturated rings. The number of nitrogens with one attached hydrogen (secondary N) is 1. The SMILES string of the molecule is COc1ccccc1-c1ccc(N2CCC(C(=O)NCc3ccc(OCc4ccccc4)cc3)CC2)nn1. The van der Waals surface area contributed by atoms with Gasteiger partial charge in [0.1, 0.15) is 18.1 Å². The molecule has 1 aliphatic heterocycles. The van der Waals surface area contributed by atoms with Crippen molar-refractivity contribution in [2.24, 2.45) is 5.92 Å². The number of hydrogen-bond acceptors (Lipinski definition) is 6. The average molecular weight is 509 g/mol. The number of carbonyl (C=O) groups is 1. The third kappa shape index (κ3) is 6.29. The lowest BCUT2D eigenvalue weighted by molar-refractivity contribution is -0.125. The molecule has 4 aromatic rings. The minimum atomic E-state index is 0.000501. The maximum absolute atomic E-state index is 12.8. The van der Waals surface area contributed by atoms with Crippen molar-refractivity contribution in [1.82, 2.24) is 15.5 Å². The first-order valence-electron chi connectivity index (χ1n) is 12.9. The van der Waals surface area contributed by atoms with Crippen LogP contribution in [-0.2, 0) is 17.9 Å². The summed E-state index contributed by atoms with van der Waals surface area (Å²) < 4.78 is 11.3. The van der Waals surface area contributed by atoms with E-state index in [4.69, 9.17) is 9.47 Å². The van der Waals surface area contributed by atoms with Gasteiger partial charge < -0.3 is 19.7 Å². The molecule has 1 amide bonds. The molecule has 1 aromatic heterocycles. The van der Waals surface area contributed by atoms with Crippen molar-refractivity contribution in [3.05, 3.63) is 102 Å². The van der Waals surface area contributed by atoms with E-state index in [0.29, 0.717) is 13.2 Å². The predicted molar refractivity (Wildman–Crippen MR) is 148 cm³/mol. The number of benzene rings is 3. The molecule has 1 N–H and O–H groups in total. The van der Waals surface area contributed by atoms with Crippen molar-refractivity contribution >= 4 is 11.7 Å². The second-order valence-electron chi connectivity index (χ2n) is 9.37. The Bertz CT molecular complexity index is 1320. The normalized spacial score (nSPS) is 13.7. The number of nitrogens with zero attached hydrogens (tertiary/aromatic N) is 3. The molecule has 0 spiro atoms. The summed E-state index contributed by atoms with van der Waals surface area (Å²) in [5, 5.41) is 12.0. The van der Waals surface area contributed by atoms with Gasteiger partial charge in [0, 0.05) is 31.1 Å². The third-order valence-electron chi connectivity index (χ3n) is 6.86. The highest BCUT2D eigenvalue weighted by Gasteiger charge is 2.25. The molecule has 2 heterocycles. The first-order valence-corrected chi connectivity index (χ1v) is 12.9. The minimum absolute atomic E-state index is 0.000501. The number of amides is 1. The Morgan fingerprint density at radius 1 is 0.868 bits per heavy atom. The van der Waals surface area contributed by atoms with Crippen LogP contribution in [0.15, 0.2) is 91.0 Å². The summed E-state index contributed by atoms with van der Waals surface area (Å²) >= 11 is 0. The van der Waals surface area contributed by atoms with E-state index in [1.807, 2.05) is 91.0 Å². The van der Waals surface area contributed by atoms with Gasteiger partial charge in [-0.05, 0) is 60.4 Å². The van der Waals surface area contributed by atoms with Crippen molar-refractivity contribution in [2.45, 2.75) is 26.0 Å². The third-order valence-corrected chi connectivity index (χ3v) is 6.86. The van der Waals surface area contributed by atoms with Gasteiger partial charge in [0.15, 0.2) is 5.82 Å². The van der Waals surface area contributed by atoms with E-state index in [0.717, 1.165) is 65.6 Å². The molecule has 1 aliphatic rings. The van der Waals surface area contributed by atoms with Crippen LogP contribution in [-0.4, -0.2) is 36.3 Å². The molecule has 0 atom stereocenters. The van der Waals surface area contributed by atoms with E-state index in [2.05, 4.69) is 20.4 Å². The lowest BCUT2D eigenvalue weighted by Crippen LogP contribution is -2.40. The summed E-state index contributed by atoms with van der Waals surface area (Å²) in [6.45, 7) is 2.59. The van der Waals surface area contributed by atoms with Gasteiger partial charge in [-0.1, -0.05) is 54.6 Å². The Morgan fingerprint density at radius 2 is 1.61 bits per heavy atom. The summed E-state index contributed by atoms with van der Waals surface area (Å²) in [4.78, 5) is 15.0. The van der Waals surface area contributed by atoms with Gasteiger partial charge in [-0.25, -0.2) is 0 Å². The zero-order valence-corrected chi connectivity index (χ0v) is 21.5. The van der Waals surface area contributed by atoms with Crippen molar-refractivity contribution in [1.29, 1.82) is 0 Å². The average Bonchev–Trinajstić information content (AvgIpc) is 3.00. The number of para-hydroxylation sites is 1. The first kappa shape index (κ1) is 25.3. The van der Waals surface area contributed by atoms with Crippen LogP contribution < -0.4 is 19.7 Å². The van der Waals surface area contributed by atoms with Crippen LogP contribution in [0.4, 0.5) is 5.82 Å². The lowest BCUT2D eigenvalue weighted by Gasteiger charge is -2.31. The molecular weight excluding hydrogens is 476 g/mol. The number of methoxy groups -OCH3 is 1. The van der Waals surface area contributed by atoms with Gasteiger partial charge in [0.25, 0.3) is 0 Å². The Morgan fingerprint density at radius 3 is 2.32 bits per heavy atom. The van der Waals surface area contributed by atoms with E-state index in [1.165, 1.54) is 0 Å². The molecule has 38 heavy (non-hydrogen) atoms. The zero-order valence-electron chi connectivity index (χ0n) is 21.5. The maximum atomic E-state index is 12.8. The Kier molecular flexibility index (Phi) is 8.13. The fourth-order valence-electron chi connectivity index (χ4n) is 4.64. The monoisotopic (exact) mass is 508 g/mol. The van der Waals surface area contributed by atoms with Crippen molar-refractivity contribution in [3.63, 3.8) is 0 Å². The van der Waals surface area contributed by atoms with E-state index in [9.17, 15) is 4.79 Å². The molecule has 0 saturated carbocycles. The Labute approximate surface area is 223 Å². The molecule has 3 aromatic carbocycles. The fourth-order valence-corrected chi connectivity index (χ4v) is 4.64. The Hall–Kier alpha value is -4.39. The zero-order chi connectivity index (χ0) is 26.2. The van der Waals surface area contributed by atoms with Gasteiger partial charge >= 0.3 is 0 Å². The van der Waals surface area contributed by atoms with E-state index in [-0.39, 0.29) is 11.8 Å². The number of aromatic nitrogens is 2. The topological polar surface area (TPSA) is 76.6 Å². The van der Waals surface area contributed by atoms with Gasteiger partial charge in [0.05, 0.1) is 12.8 Å². The van der Waals surface area contributed by atoms with Crippen molar-refractivity contribution in [3.8, 4) is 22.8 Å². The molecule has 1 saturated heterocycles. The number of hydrogen-bond donors (Lipinski definition) is 1. The van der Waals surface area contributed by atoms with E-state index < -0.39 is 0 Å². The van der Waals surface area contributed by atoms with Crippen molar-refractivity contribution in [2.75, 3.05) is 25.1 Å². The summed E-state index contributed by atoms with van der Waals surface area (Å²) in [6.07, 6.45) is 1.57. The standard InChI is InChI=1S/C31H32N4O3/c1-37-29-10-6-5-9-27(29)28-15-16-30(34-33-28)35-19-17-25(18-20-35)31(36)32-21-23-11-13-26(14-12-23)38-22-24-7-3-2-4-8-24/h2-16,25H,17-22H2,1H3,(H,32,36). The van der Waals surface area contributed by atoms with E-state index >= 15 is 0 Å². The molecule has 0 radical (unpaired) electrons. The highest BCUT2D eigenvalue weighted by molar-refractivity contribution is 5.79. The summed E-state index contributed by atoms with van der Waals surface area (Å²) in [7, 11) is 1.65. The molecule has 0 bridgehead atoms. The molecule has 5 rings (SSSR count). The molecule has 0 unspecified atom stereocenters. The van der Waals surface area contributed by atoms with Crippen LogP contribution in [0, 0.1) is 5.92 Å². The molecule has 194 valence electrons. The predicted octanol–water partition coefficient (Wildman–Crippen LogP) is 5.26. The van der Waals surface area contributed by atoms with Gasteiger partial charge in [0.2, 0.25) is 5.91 Å². The largest absolute Gasteiger partial charge is 0.496 e. The molecule has 7 nitrogen and oxygen atoms in total. The van der Waals surface area contributed by atoms with Gasteiger partial charge in [-0.15, -0.1) is 10.2 Å². The maximum Gasteiger partial charge on any atom is 0.223 e. The van der Waals surface area contributed by atoms with Gasteiger partial charge in [-0.2, -0.15) is 0 Å². The fraction of sp³-hybridized carbons (Fsp3) is 0.258. The van der Waals surface area contributed by atoms with Crippen LogP contribution in [0.25, 0.3) is 11.3 Å². The van der Waals surface area contributed by atoms with E-state index in [1.54, 1.807) is 7.11 Å². The molecule has 7 heteroatoms. The van der Waals surface area contributed by atoms with Crippen LogP contribution in [0.3, 0.4) is 0 Å². The first-order chi connectivity index (χ1) is 18.7. The highest BCUT2D eigenvalue weighted by atomic mass is 16.5. The van der Waals surface area contributed by atoms with Crippen LogP contribution in [0.1, 0.15) is 24.0 Å². The smallest absolute Gasteiger partial charge is 0.223 e. The highest BCUT2D eigenvalue weighted by Crippen LogP contribution is 2.29. The molecular formula is C31H32N4O3. The number of ether oxygens (including phenoxy) is 2. The van der Waals surface area contributed by atoms with Crippen LogP contribution in [0.2, 0.25) is 0 Å². The molecule has 0 aliphatic carbocycles. The van der Waals surface area contributed by atoms with Crippen LogP contribution in [0.5, 0.6) is 11.5 Å². The van der Waals surface area contributed by atoms with Gasteiger partial charge in [-0.3, -0.25) is 4.79 Å². The second kappa shape index (κ2) is 12.2. The summed E-state index contributed by atoms with van der Waals surface area (Å²) in [5.41, 5.74) is 3.87. The number of anilines is 1. The Balaban J connectivity index is 1.07.